The van der Waals surface area contributed by atoms with Crippen LogP contribution in [-0.4, -0.2) is 16.9 Å². The van der Waals surface area contributed by atoms with E-state index in [0.717, 1.165) is 34.0 Å². The largest absolute Gasteiger partial charge is 0.497 e. The van der Waals surface area contributed by atoms with E-state index in [1.165, 1.54) is 0 Å². The van der Waals surface area contributed by atoms with Crippen molar-refractivity contribution in [2.75, 3.05) is 7.11 Å². The van der Waals surface area contributed by atoms with Crippen LogP contribution in [0.4, 0.5) is 0 Å². The van der Waals surface area contributed by atoms with Crippen molar-refractivity contribution < 1.29 is 9.47 Å². The Morgan fingerprint density at radius 1 is 0.778 bits per heavy atom. The van der Waals surface area contributed by atoms with Crippen LogP contribution in [0.5, 0.6) is 11.5 Å². The van der Waals surface area contributed by atoms with Gasteiger partial charge in [-0.1, -0.05) is 30.3 Å². The molecule has 4 nitrogen and oxygen atoms in total. The van der Waals surface area contributed by atoms with E-state index in [1.807, 2.05) is 65.3 Å². The lowest BCUT2D eigenvalue weighted by molar-refractivity contribution is 0.306. The second kappa shape index (κ2) is 7.79. The van der Waals surface area contributed by atoms with Gasteiger partial charge in [0.25, 0.3) is 0 Å². The van der Waals surface area contributed by atoms with E-state index in [2.05, 4.69) is 29.4 Å². The van der Waals surface area contributed by atoms with Gasteiger partial charge in [-0.2, -0.15) is 5.10 Å². The predicted molar refractivity (Wildman–Crippen MR) is 106 cm³/mol. The summed E-state index contributed by atoms with van der Waals surface area (Å²) < 4.78 is 13.0. The molecule has 0 radical (unpaired) electrons. The van der Waals surface area contributed by atoms with Gasteiger partial charge in [-0.25, -0.2) is 4.68 Å². The van der Waals surface area contributed by atoms with Crippen LogP contribution in [0.25, 0.3) is 16.9 Å². The maximum Gasteiger partial charge on any atom is 0.119 e. The summed E-state index contributed by atoms with van der Waals surface area (Å²) in [7, 11) is 1.66. The van der Waals surface area contributed by atoms with E-state index < -0.39 is 0 Å². The van der Waals surface area contributed by atoms with Gasteiger partial charge in [-0.05, 0) is 60.2 Å². The number of nitrogens with zero attached hydrogens (tertiary/aromatic N) is 2. The lowest BCUT2D eigenvalue weighted by atomic mass is 10.1. The van der Waals surface area contributed by atoms with Crippen LogP contribution in [0.3, 0.4) is 0 Å². The van der Waals surface area contributed by atoms with Crippen molar-refractivity contribution in [3.05, 3.63) is 96.7 Å². The maximum absolute atomic E-state index is 5.87. The van der Waals surface area contributed by atoms with Crippen molar-refractivity contribution in [3.63, 3.8) is 0 Å². The molecule has 1 aromatic heterocycles. The number of methoxy groups -OCH3 is 1. The van der Waals surface area contributed by atoms with Crippen LogP contribution in [0.1, 0.15) is 5.56 Å². The summed E-state index contributed by atoms with van der Waals surface area (Å²) in [6.45, 7) is 0.559. The van der Waals surface area contributed by atoms with E-state index in [0.29, 0.717) is 6.61 Å². The van der Waals surface area contributed by atoms with Crippen LogP contribution < -0.4 is 9.47 Å². The lowest BCUT2D eigenvalue weighted by Gasteiger charge is -2.10. The van der Waals surface area contributed by atoms with Crippen molar-refractivity contribution >= 4 is 0 Å². The van der Waals surface area contributed by atoms with Crippen molar-refractivity contribution in [3.8, 4) is 28.4 Å². The van der Waals surface area contributed by atoms with Crippen LogP contribution >= 0.6 is 0 Å². The normalized spacial score (nSPS) is 10.6. The Labute approximate surface area is 158 Å². The summed E-state index contributed by atoms with van der Waals surface area (Å²) in [6, 6.07) is 28.1. The summed E-state index contributed by atoms with van der Waals surface area (Å²) in [5.74, 6) is 1.67. The van der Waals surface area contributed by atoms with Gasteiger partial charge in [0.1, 0.15) is 18.1 Å². The highest BCUT2D eigenvalue weighted by molar-refractivity contribution is 5.62. The molecule has 0 N–H and O–H groups in total. The Balaban J connectivity index is 1.51. The monoisotopic (exact) mass is 356 g/mol. The molecule has 0 fully saturated rings. The molecule has 4 rings (SSSR count). The quantitative estimate of drug-likeness (QED) is 0.481. The third-order valence-electron chi connectivity index (χ3n) is 4.36. The number of rotatable bonds is 6. The second-order valence-corrected chi connectivity index (χ2v) is 6.12. The number of benzene rings is 3. The van der Waals surface area contributed by atoms with E-state index in [9.17, 15) is 0 Å². The smallest absolute Gasteiger partial charge is 0.119 e. The third-order valence-corrected chi connectivity index (χ3v) is 4.36. The molecule has 0 saturated carbocycles. The molecule has 0 spiro atoms. The molecule has 4 heteroatoms. The molecule has 0 aliphatic rings. The van der Waals surface area contributed by atoms with Crippen molar-refractivity contribution in [1.82, 2.24) is 9.78 Å². The molecule has 4 aromatic rings. The van der Waals surface area contributed by atoms with Gasteiger partial charge >= 0.3 is 0 Å². The van der Waals surface area contributed by atoms with Gasteiger partial charge in [0.05, 0.1) is 24.7 Å². The first-order chi connectivity index (χ1) is 13.3. The first-order valence-corrected chi connectivity index (χ1v) is 8.79. The summed E-state index contributed by atoms with van der Waals surface area (Å²) in [4.78, 5) is 0. The molecule has 0 aliphatic heterocycles. The fourth-order valence-electron chi connectivity index (χ4n) is 2.91. The minimum absolute atomic E-state index is 0.559. The SMILES string of the molecule is COc1ccc(-n2nccc2-c2ccc(OCc3ccccc3)cc2)cc1. The highest BCUT2D eigenvalue weighted by Crippen LogP contribution is 2.26. The van der Waals surface area contributed by atoms with Crippen LogP contribution in [0.2, 0.25) is 0 Å². The van der Waals surface area contributed by atoms with E-state index in [-0.39, 0.29) is 0 Å². The minimum atomic E-state index is 0.559. The van der Waals surface area contributed by atoms with Gasteiger partial charge < -0.3 is 9.47 Å². The number of hydrogen-bond donors (Lipinski definition) is 0. The molecule has 27 heavy (non-hydrogen) atoms. The average molecular weight is 356 g/mol. The van der Waals surface area contributed by atoms with Crippen molar-refractivity contribution in [2.45, 2.75) is 6.61 Å². The molecule has 134 valence electrons. The Hall–Kier alpha value is -3.53. The van der Waals surface area contributed by atoms with Gasteiger partial charge in [0.15, 0.2) is 0 Å². The molecule has 0 saturated heterocycles. The molecule has 0 amide bonds. The molecule has 1 heterocycles. The Kier molecular flexibility index (Phi) is 4.88. The van der Waals surface area contributed by atoms with E-state index in [1.54, 1.807) is 13.3 Å². The van der Waals surface area contributed by atoms with Gasteiger partial charge in [-0.15, -0.1) is 0 Å². The lowest BCUT2D eigenvalue weighted by Crippen LogP contribution is -1.99. The van der Waals surface area contributed by atoms with Crippen LogP contribution in [0.15, 0.2) is 91.1 Å². The fraction of sp³-hybridized carbons (Fsp3) is 0.0870. The Bertz CT molecular complexity index is 991. The second-order valence-electron chi connectivity index (χ2n) is 6.12. The number of hydrogen-bond acceptors (Lipinski definition) is 3. The number of aromatic nitrogens is 2. The topological polar surface area (TPSA) is 36.3 Å². The Morgan fingerprint density at radius 2 is 1.48 bits per heavy atom. The molecule has 3 aromatic carbocycles. The molecule has 0 aliphatic carbocycles. The average Bonchev–Trinajstić information content (AvgIpc) is 3.23. The molecular formula is C23H20N2O2. The first-order valence-electron chi connectivity index (χ1n) is 8.79. The van der Waals surface area contributed by atoms with Gasteiger partial charge in [0.2, 0.25) is 0 Å². The maximum atomic E-state index is 5.87. The number of ether oxygens (including phenoxy) is 2. The van der Waals surface area contributed by atoms with Crippen molar-refractivity contribution in [1.29, 1.82) is 0 Å². The standard InChI is InChI=1S/C23H20N2O2/c1-26-21-13-9-20(10-14-21)25-23(15-16-24-25)19-7-11-22(12-8-19)27-17-18-5-3-2-4-6-18/h2-16H,17H2,1H3. The molecule has 0 unspecified atom stereocenters. The minimum Gasteiger partial charge on any atom is -0.497 e. The highest BCUT2D eigenvalue weighted by Gasteiger charge is 2.08. The van der Waals surface area contributed by atoms with E-state index in [4.69, 9.17) is 9.47 Å². The third kappa shape index (κ3) is 3.85. The first kappa shape index (κ1) is 16.9. The highest BCUT2D eigenvalue weighted by atomic mass is 16.5. The zero-order valence-corrected chi connectivity index (χ0v) is 15.1. The zero-order chi connectivity index (χ0) is 18.5. The van der Waals surface area contributed by atoms with Gasteiger partial charge in [-0.3, -0.25) is 0 Å². The summed E-state index contributed by atoms with van der Waals surface area (Å²) >= 11 is 0. The summed E-state index contributed by atoms with van der Waals surface area (Å²) in [6.07, 6.45) is 1.80. The zero-order valence-electron chi connectivity index (χ0n) is 15.1. The summed E-state index contributed by atoms with van der Waals surface area (Å²) in [5.41, 5.74) is 4.24. The van der Waals surface area contributed by atoms with Crippen molar-refractivity contribution in [2.24, 2.45) is 0 Å². The predicted octanol–water partition coefficient (Wildman–Crippen LogP) is 5.13. The van der Waals surface area contributed by atoms with Crippen LogP contribution in [0, 0.1) is 0 Å². The van der Waals surface area contributed by atoms with Crippen LogP contribution in [-0.2, 0) is 6.61 Å². The Morgan fingerprint density at radius 3 is 2.19 bits per heavy atom. The summed E-state index contributed by atoms with van der Waals surface area (Å²) in [5, 5.41) is 4.46. The molecule has 0 atom stereocenters. The molecular weight excluding hydrogens is 336 g/mol. The van der Waals surface area contributed by atoms with Gasteiger partial charge in [0, 0.05) is 5.56 Å². The van der Waals surface area contributed by atoms with E-state index >= 15 is 0 Å². The molecule has 0 bridgehead atoms. The fourth-order valence-corrected chi connectivity index (χ4v) is 2.91.